The Bertz CT molecular complexity index is 575. The van der Waals surface area contributed by atoms with Crippen LogP contribution in [-0.4, -0.2) is 18.4 Å². The minimum Gasteiger partial charge on any atom is -0.398 e. The highest BCUT2D eigenvalue weighted by molar-refractivity contribution is 5.72. The summed E-state index contributed by atoms with van der Waals surface area (Å²) >= 11 is 0. The van der Waals surface area contributed by atoms with Crippen LogP contribution in [-0.2, 0) is 6.42 Å². The van der Waals surface area contributed by atoms with Crippen LogP contribution in [0.15, 0.2) is 65.2 Å². The minimum atomic E-state index is -0.771. The number of nitrogen functional groups attached to an aromatic ring is 1. The number of para-hydroxylation sites is 1. The molecule has 118 valence electrons. The van der Waals surface area contributed by atoms with Gasteiger partial charge in [-0.1, -0.05) is 42.5 Å². The number of rotatable bonds is 7. The Kier molecular flexibility index (Phi) is 7.29. The fraction of sp³-hybridized carbons (Fsp3) is 0.278. The first-order valence-electron chi connectivity index (χ1n) is 7.32. The second kappa shape index (κ2) is 8.97. The van der Waals surface area contributed by atoms with Crippen LogP contribution in [0.2, 0.25) is 0 Å². The lowest BCUT2D eigenvalue weighted by molar-refractivity contribution is 0.505. The van der Waals surface area contributed by atoms with Crippen LogP contribution in [0.4, 0.5) is 5.69 Å². The van der Waals surface area contributed by atoms with Gasteiger partial charge in [0.2, 0.25) is 0 Å². The zero-order valence-corrected chi connectivity index (χ0v) is 13.4. The van der Waals surface area contributed by atoms with E-state index in [0.29, 0.717) is 6.54 Å². The van der Waals surface area contributed by atoms with Gasteiger partial charge in [0.25, 0.3) is 0 Å². The Morgan fingerprint density at radius 3 is 2.59 bits per heavy atom. The molecular formula is C18H26N4. The summed E-state index contributed by atoms with van der Waals surface area (Å²) in [4.78, 5) is 4.19. The van der Waals surface area contributed by atoms with Crippen molar-refractivity contribution in [1.29, 1.82) is 0 Å². The van der Waals surface area contributed by atoms with Crippen molar-refractivity contribution >= 4 is 11.9 Å². The Hall–Kier alpha value is -2.17. The number of nitrogens with two attached hydrogens (primary N) is 3. The van der Waals surface area contributed by atoms with Gasteiger partial charge in [-0.15, -0.1) is 0 Å². The molecule has 4 heteroatoms. The molecule has 4 nitrogen and oxygen atoms in total. The van der Waals surface area contributed by atoms with E-state index in [1.165, 1.54) is 0 Å². The van der Waals surface area contributed by atoms with Gasteiger partial charge in [0.15, 0.2) is 0 Å². The summed E-state index contributed by atoms with van der Waals surface area (Å²) in [5.41, 5.74) is 19.6. The largest absolute Gasteiger partial charge is 0.398 e. The van der Waals surface area contributed by atoms with Gasteiger partial charge in [-0.05, 0) is 43.5 Å². The van der Waals surface area contributed by atoms with E-state index in [1.807, 2.05) is 55.5 Å². The molecule has 0 amide bonds. The molecule has 22 heavy (non-hydrogen) atoms. The molecule has 0 spiro atoms. The maximum Gasteiger partial charge on any atom is 0.0808 e. The molecule has 0 aromatic heterocycles. The van der Waals surface area contributed by atoms with E-state index >= 15 is 0 Å². The van der Waals surface area contributed by atoms with Crippen molar-refractivity contribution in [2.75, 3.05) is 12.3 Å². The van der Waals surface area contributed by atoms with Gasteiger partial charge in [-0.3, -0.25) is 4.99 Å². The number of benzene rings is 1. The van der Waals surface area contributed by atoms with E-state index in [4.69, 9.17) is 17.2 Å². The smallest absolute Gasteiger partial charge is 0.0808 e. The zero-order chi connectivity index (χ0) is 16.4. The number of aliphatic imine (C=N–C) groups is 1. The fourth-order valence-electron chi connectivity index (χ4n) is 1.79. The number of nitrogens with zero attached hydrogens (tertiary/aromatic N) is 1. The minimum absolute atomic E-state index is 0.386. The molecule has 0 aliphatic heterocycles. The lowest BCUT2D eigenvalue weighted by Crippen LogP contribution is -2.48. The Balaban J connectivity index is 2.76. The normalized spacial score (nSPS) is 13.7. The highest BCUT2D eigenvalue weighted by Gasteiger charge is 2.07. The Morgan fingerprint density at radius 1 is 1.23 bits per heavy atom. The maximum atomic E-state index is 6.00. The standard InChI is InChI=1S/C18H26N4/c1-3-4-8-15(9-7-12-22-14-18(2,20)21)13-16-10-5-6-11-17(16)19/h3-12H,13-14,19-21H2,1-2H3/b4-3-,9-7+,15-8-,22-12?. The SMILES string of the molecule is C\C=C/C=C(/C=C/C=NCC(C)(N)N)Cc1ccccc1N. The molecule has 0 radical (unpaired) electrons. The van der Waals surface area contributed by atoms with Crippen molar-refractivity contribution in [2.45, 2.75) is 25.9 Å². The van der Waals surface area contributed by atoms with Crippen molar-refractivity contribution in [3.8, 4) is 0 Å². The Labute approximate surface area is 133 Å². The van der Waals surface area contributed by atoms with Crippen LogP contribution in [0, 0.1) is 0 Å². The number of hydrogen-bond acceptors (Lipinski definition) is 4. The number of hydrogen-bond donors (Lipinski definition) is 3. The van der Waals surface area contributed by atoms with Crippen LogP contribution in [0.3, 0.4) is 0 Å². The molecule has 6 N–H and O–H groups in total. The van der Waals surface area contributed by atoms with Gasteiger partial charge < -0.3 is 17.2 Å². The van der Waals surface area contributed by atoms with Gasteiger partial charge in [0.1, 0.15) is 0 Å². The zero-order valence-electron chi connectivity index (χ0n) is 13.4. The molecule has 0 aliphatic carbocycles. The lowest BCUT2D eigenvalue weighted by Gasteiger charge is -2.13. The molecule has 0 saturated heterocycles. The number of anilines is 1. The van der Waals surface area contributed by atoms with Crippen molar-refractivity contribution in [3.63, 3.8) is 0 Å². The highest BCUT2D eigenvalue weighted by atomic mass is 15.0. The van der Waals surface area contributed by atoms with Gasteiger partial charge >= 0.3 is 0 Å². The van der Waals surface area contributed by atoms with Gasteiger partial charge in [-0.25, -0.2) is 0 Å². The van der Waals surface area contributed by atoms with E-state index in [0.717, 1.165) is 23.2 Å². The highest BCUT2D eigenvalue weighted by Crippen LogP contribution is 2.16. The number of allylic oxidation sites excluding steroid dienone is 6. The molecule has 0 atom stereocenters. The van der Waals surface area contributed by atoms with Gasteiger partial charge in [-0.2, -0.15) is 0 Å². The molecule has 1 aromatic rings. The first-order valence-corrected chi connectivity index (χ1v) is 7.32. The van der Waals surface area contributed by atoms with Crippen molar-refractivity contribution in [3.05, 3.63) is 65.8 Å². The Morgan fingerprint density at radius 2 is 1.95 bits per heavy atom. The quantitative estimate of drug-likeness (QED) is 0.313. The van der Waals surface area contributed by atoms with Gasteiger partial charge in [0.05, 0.1) is 12.2 Å². The van der Waals surface area contributed by atoms with Crippen LogP contribution in [0.25, 0.3) is 0 Å². The molecule has 1 rings (SSSR count). The summed E-state index contributed by atoms with van der Waals surface area (Å²) in [5, 5.41) is 0. The summed E-state index contributed by atoms with van der Waals surface area (Å²) in [6.45, 7) is 4.11. The second-order valence-corrected chi connectivity index (χ2v) is 5.50. The van der Waals surface area contributed by atoms with E-state index in [1.54, 1.807) is 13.1 Å². The van der Waals surface area contributed by atoms with Crippen molar-refractivity contribution in [2.24, 2.45) is 16.5 Å². The van der Waals surface area contributed by atoms with E-state index in [-0.39, 0.29) is 0 Å². The van der Waals surface area contributed by atoms with E-state index < -0.39 is 5.66 Å². The third-order valence-corrected chi connectivity index (χ3v) is 2.89. The molecule has 0 heterocycles. The predicted molar refractivity (Wildman–Crippen MR) is 96.7 cm³/mol. The first kappa shape index (κ1) is 17.9. The van der Waals surface area contributed by atoms with Crippen molar-refractivity contribution < 1.29 is 0 Å². The second-order valence-electron chi connectivity index (χ2n) is 5.50. The monoisotopic (exact) mass is 298 g/mol. The summed E-state index contributed by atoms with van der Waals surface area (Å²) < 4.78 is 0. The molecular weight excluding hydrogens is 272 g/mol. The molecule has 0 aliphatic rings. The summed E-state index contributed by atoms with van der Waals surface area (Å²) in [5.74, 6) is 0. The van der Waals surface area contributed by atoms with E-state index in [9.17, 15) is 0 Å². The van der Waals surface area contributed by atoms with Crippen LogP contribution in [0.5, 0.6) is 0 Å². The maximum absolute atomic E-state index is 6.00. The predicted octanol–water partition coefficient (Wildman–Crippen LogP) is 2.57. The topological polar surface area (TPSA) is 90.4 Å². The summed E-state index contributed by atoms with van der Waals surface area (Å²) in [7, 11) is 0. The lowest BCUT2D eigenvalue weighted by atomic mass is 10.0. The van der Waals surface area contributed by atoms with Crippen LogP contribution < -0.4 is 17.2 Å². The molecule has 0 unspecified atom stereocenters. The summed E-state index contributed by atoms with van der Waals surface area (Å²) in [6, 6.07) is 7.88. The molecule has 1 aromatic carbocycles. The molecule has 0 fully saturated rings. The summed E-state index contributed by atoms with van der Waals surface area (Å²) in [6.07, 6.45) is 12.5. The fourth-order valence-corrected chi connectivity index (χ4v) is 1.79. The van der Waals surface area contributed by atoms with E-state index in [2.05, 4.69) is 11.1 Å². The molecule has 0 bridgehead atoms. The van der Waals surface area contributed by atoms with Gasteiger partial charge in [0, 0.05) is 11.9 Å². The van der Waals surface area contributed by atoms with Crippen LogP contribution >= 0.6 is 0 Å². The third kappa shape index (κ3) is 7.57. The molecule has 0 saturated carbocycles. The third-order valence-electron chi connectivity index (χ3n) is 2.89. The van der Waals surface area contributed by atoms with Crippen molar-refractivity contribution in [1.82, 2.24) is 0 Å². The average Bonchev–Trinajstić information content (AvgIpc) is 2.45. The van der Waals surface area contributed by atoms with Crippen LogP contribution in [0.1, 0.15) is 19.4 Å². The average molecular weight is 298 g/mol. The first-order chi connectivity index (χ1) is 10.4.